The Morgan fingerprint density at radius 3 is 3.07 bits per heavy atom. The van der Waals surface area contributed by atoms with Gasteiger partial charge in [-0.1, -0.05) is 6.92 Å². The van der Waals surface area contributed by atoms with Crippen LogP contribution in [0.25, 0.3) is 0 Å². The van der Waals surface area contributed by atoms with Crippen LogP contribution >= 0.6 is 0 Å². The number of aryl methyl sites for hydroxylation is 1. The van der Waals surface area contributed by atoms with Crippen molar-refractivity contribution in [2.24, 2.45) is 10.8 Å². The highest BCUT2D eigenvalue weighted by molar-refractivity contribution is 5.99. The first kappa shape index (κ1) is 11.7. The molecule has 5 heteroatoms. The monoisotopic (exact) mass is 211 g/mol. The van der Waals surface area contributed by atoms with Crippen molar-refractivity contribution in [1.29, 1.82) is 0 Å². The first-order valence-corrected chi connectivity index (χ1v) is 4.90. The third-order valence-electron chi connectivity index (χ3n) is 2.02. The van der Waals surface area contributed by atoms with Gasteiger partial charge in [0, 0.05) is 13.5 Å². The summed E-state index contributed by atoms with van der Waals surface area (Å²) in [5.41, 5.74) is 3.49. The van der Waals surface area contributed by atoms with Gasteiger partial charge in [-0.15, -0.1) is 0 Å². The van der Waals surface area contributed by atoms with Crippen LogP contribution in [0.2, 0.25) is 0 Å². The summed E-state index contributed by atoms with van der Waals surface area (Å²) in [5, 5.41) is 0. The highest BCUT2D eigenvalue weighted by Crippen LogP contribution is 2.11. The van der Waals surface area contributed by atoms with Gasteiger partial charge in [0.15, 0.2) is 0 Å². The quantitative estimate of drug-likeness (QED) is 0.247. The third kappa shape index (κ3) is 3.07. The molecular weight excluding hydrogens is 194 g/mol. The van der Waals surface area contributed by atoms with E-state index in [1.54, 1.807) is 13.4 Å². The van der Waals surface area contributed by atoms with Crippen LogP contribution in [0, 0.1) is 0 Å². The molecule has 1 heterocycles. The van der Waals surface area contributed by atoms with E-state index in [0.717, 1.165) is 17.7 Å². The number of nitrogens with one attached hydrogen (secondary N) is 1. The topological polar surface area (TPSA) is 72.8 Å². The lowest BCUT2D eigenvalue weighted by molar-refractivity contribution is 0.208. The Morgan fingerprint density at radius 1 is 1.67 bits per heavy atom. The van der Waals surface area contributed by atoms with Gasteiger partial charge in [0.25, 0.3) is 0 Å². The molecule has 0 spiro atoms. The van der Waals surface area contributed by atoms with E-state index in [9.17, 15) is 0 Å². The lowest BCUT2D eigenvalue weighted by Crippen LogP contribution is -2.32. The minimum absolute atomic E-state index is 0.574. The summed E-state index contributed by atoms with van der Waals surface area (Å²) in [6.07, 6.45) is 2.45. The summed E-state index contributed by atoms with van der Waals surface area (Å²) >= 11 is 0. The number of hydrogen-bond acceptors (Lipinski definition) is 4. The van der Waals surface area contributed by atoms with Crippen molar-refractivity contribution in [3.05, 3.63) is 23.7 Å². The maximum Gasteiger partial charge on any atom is 0.146 e. The van der Waals surface area contributed by atoms with Crippen LogP contribution in [-0.2, 0) is 11.2 Å². The van der Waals surface area contributed by atoms with Crippen molar-refractivity contribution in [3.63, 3.8) is 0 Å². The van der Waals surface area contributed by atoms with Crippen LogP contribution < -0.4 is 11.3 Å². The molecule has 0 aliphatic heterocycles. The molecule has 0 atom stereocenters. The first-order valence-electron chi connectivity index (χ1n) is 4.90. The molecular formula is C10H17N3O2. The molecule has 84 valence electrons. The second-order valence-corrected chi connectivity index (χ2v) is 2.98. The minimum Gasteiger partial charge on any atom is -0.469 e. The SMILES string of the molecule is CCc1occc1C(=NCCOC)NN. The van der Waals surface area contributed by atoms with E-state index in [2.05, 4.69) is 10.4 Å². The van der Waals surface area contributed by atoms with Gasteiger partial charge in [-0.25, -0.2) is 5.84 Å². The van der Waals surface area contributed by atoms with Crippen molar-refractivity contribution < 1.29 is 9.15 Å². The predicted octanol–water partition coefficient (Wildman–Crippen LogP) is 0.698. The second kappa shape index (κ2) is 6.21. The summed E-state index contributed by atoms with van der Waals surface area (Å²) in [7, 11) is 1.64. The summed E-state index contributed by atoms with van der Waals surface area (Å²) in [6, 6.07) is 1.85. The van der Waals surface area contributed by atoms with E-state index in [1.165, 1.54) is 0 Å². The molecule has 1 aromatic rings. The highest BCUT2D eigenvalue weighted by Gasteiger charge is 2.09. The average Bonchev–Trinajstić information content (AvgIpc) is 2.72. The number of ether oxygens (including phenoxy) is 1. The van der Waals surface area contributed by atoms with Crippen LogP contribution in [0.1, 0.15) is 18.2 Å². The number of methoxy groups -OCH3 is 1. The standard InChI is InChI=1S/C10H17N3O2/c1-3-9-8(4-6-15-9)10(13-11)12-5-7-14-2/h4,6H,3,5,7,11H2,1-2H3,(H,12,13). The van der Waals surface area contributed by atoms with Crippen molar-refractivity contribution >= 4 is 5.84 Å². The number of hydrazine groups is 1. The number of furan rings is 1. The summed E-state index contributed by atoms with van der Waals surface area (Å²) < 4.78 is 10.2. The Morgan fingerprint density at radius 2 is 2.47 bits per heavy atom. The molecule has 1 rings (SSSR count). The van der Waals surface area contributed by atoms with E-state index >= 15 is 0 Å². The normalized spacial score (nSPS) is 11.8. The molecule has 0 fully saturated rings. The van der Waals surface area contributed by atoms with Gasteiger partial charge >= 0.3 is 0 Å². The maximum atomic E-state index is 5.41. The molecule has 15 heavy (non-hydrogen) atoms. The average molecular weight is 211 g/mol. The van der Waals surface area contributed by atoms with E-state index in [-0.39, 0.29) is 0 Å². The van der Waals surface area contributed by atoms with Crippen molar-refractivity contribution in [2.75, 3.05) is 20.3 Å². The lowest BCUT2D eigenvalue weighted by atomic mass is 10.2. The Hall–Kier alpha value is -1.33. The summed E-state index contributed by atoms with van der Waals surface area (Å²) in [4.78, 5) is 4.28. The van der Waals surface area contributed by atoms with E-state index in [1.807, 2.05) is 13.0 Å². The molecule has 0 aliphatic carbocycles. The molecule has 1 aromatic heterocycles. The zero-order valence-electron chi connectivity index (χ0n) is 9.12. The van der Waals surface area contributed by atoms with E-state index in [0.29, 0.717) is 19.0 Å². The molecule has 0 unspecified atom stereocenters. The smallest absolute Gasteiger partial charge is 0.146 e. The van der Waals surface area contributed by atoms with Gasteiger partial charge in [0.1, 0.15) is 11.6 Å². The van der Waals surface area contributed by atoms with Gasteiger partial charge in [-0.2, -0.15) is 0 Å². The second-order valence-electron chi connectivity index (χ2n) is 2.98. The van der Waals surface area contributed by atoms with Gasteiger partial charge in [0.2, 0.25) is 0 Å². The molecule has 0 bridgehead atoms. The molecule has 0 aromatic carbocycles. The van der Waals surface area contributed by atoms with Crippen LogP contribution in [-0.4, -0.2) is 26.1 Å². The fourth-order valence-electron chi connectivity index (χ4n) is 1.28. The van der Waals surface area contributed by atoms with Crippen LogP contribution in [0.3, 0.4) is 0 Å². The number of nitrogens with two attached hydrogens (primary N) is 1. The first-order chi connectivity index (χ1) is 7.33. The molecule has 0 amide bonds. The molecule has 0 radical (unpaired) electrons. The number of aliphatic imine (C=N–C) groups is 1. The van der Waals surface area contributed by atoms with Gasteiger partial charge in [-0.05, 0) is 6.07 Å². The zero-order valence-corrected chi connectivity index (χ0v) is 9.12. The van der Waals surface area contributed by atoms with Gasteiger partial charge in [0.05, 0.1) is 25.0 Å². The Labute approximate surface area is 89.3 Å². The number of rotatable bonds is 5. The van der Waals surface area contributed by atoms with E-state index in [4.69, 9.17) is 15.0 Å². The molecule has 0 aliphatic rings. The van der Waals surface area contributed by atoms with Gasteiger partial charge < -0.3 is 14.6 Å². The fraction of sp³-hybridized carbons (Fsp3) is 0.500. The van der Waals surface area contributed by atoms with Crippen molar-refractivity contribution in [3.8, 4) is 0 Å². The Kier molecular flexibility index (Phi) is 4.86. The van der Waals surface area contributed by atoms with E-state index < -0.39 is 0 Å². The van der Waals surface area contributed by atoms with Gasteiger partial charge in [-0.3, -0.25) is 4.99 Å². The predicted molar refractivity (Wildman–Crippen MR) is 58.7 cm³/mol. The Balaban J connectivity index is 2.77. The number of nitrogens with zero attached hydrogens (tertiary/aromatic N) is 1. The fourth-order valence-corrected chi connectivity index (χ4v) is 1.28. The van der Waals surface area contributed by atoms with Crippen molar-refractivity contribution in [1.82, 2.24) is 5.43 Å². The number of hydrogen-bond donors (Lipinski definition) is 2. The maximum absolute atomic E-state index is 5.41. The van der Waals surface area contributed by atoms with Crippen LogP contribution in [0.4, 0.5) is 0 Å². The largest absolute Gasteiger partial charge is 0.469 e. The highest BCUT2D eigenvalue weighted by atomic mass is 16.5. The minimum atomic E-state index is 0.574. The molecule has 3 N–H and O–H groups in total. The molecule has 5 nitrogen and oxygen atoms in total. The summed E-state index contributed by atoms with van der Waals surface area (Å²) in [5.74, 6) is 6.92. The Bertz CT molecular complexity index is 320. The third-order valence-corrected chi connectivity index (χ3v) is 2.02. The lowest BCUT2D eigenvalue weighted by Gasteiger charge is -2.04. The van der Waals surface area contributed by atoms with Crippen molar-refractivity contribution in [2.45, 2.75) is 13.3 Å². The molecule has 0 saturated heterocycles. The molecule has 0 saturated carbocycles. The van der Waals surface area contributed by atoms with Crippen LogP contribution in [0.5, 0.6) is 0 Å². The number of amidine groups is 1. The zero-order chi connectivity index (χ0) is 11.1. The van der Waals surface area contributed by atoms with Crippen LogP contribution in [0.15, 0.2) is 21.7 Å². The summed E-state index contributed by atoms with van der Waals surface area (Å²) in [6.45, 7) is 3.17.